The summed E-state index contributed by atoms with van der Waals surface area (Å²) < 4.78 is 5.08. The Kier molecular flexibility index (Phi) is 4.66. The zero-order valence-corrected chi connectivity index (χ0v) is 16.4. The molecule has 0 aromatic rings. The van der Waals surface area contributed by atoms with Crippen LogP contribution in [0.4, 0.5) is 0 Å². The number of rotatable bonds is 3. The summed E-state index contributed by atoms with van der Waals surface area (Å²) in [6.45, 7) is 11.1. The molecule has 0 aromatic carbocycles. The van der Waals surface area contributed by atoms with Gasteiger partial charge in [0, 0.05) is 11.6 Å². The van der Waals surface area contributed by atoms with Crippen molar-refractivity contribution in [1.82, 2.24) is 0 Å². The second-order valence-corrected chi connectivity index (χ2v) is 8.82. The van der Waals surface area contributed by atoms with Crippen molar-refractivity contribution in [2.45, 2.75) is 59.3 Å². The lowest BCUT2D eigenvalue weighted by Gasteiger charge is -2.59. The van der Waals surface area contributed by atoms with Crippen LogP contribution in [0.2, 0.25) is 0 Å². The van der Waals surface area contributed by atoms with Gasteiger partial charge in [0.15, 0.2) is 11.5 Å². The van der Waals surface area contributed by atoms with E-state index in [4.69, 9.17) is 4.74 Å². The number of carbonyl (C=O) groups excluding carboxylic acids is 2. The summed E-state index contributed by atoms with van der Waals surface area (Å²) in [4.78, 5) is 24.9. The lowest BCUT2D eigenvalue weighted by molar-refractivity contribution is -0.120. The topological polar surface area (TPSA) is 63.6 Å². The molecule has 0 amide bonds. The maximum absolute atomic E-state index is 12.8. The molecule has 0 radical (unpaired) electrons. The summed E-state index contributed by atoms with van der Waals surface area (Å²) >= 11 is 0. The molecule has 0 saturated heterocycles. The molecule has 142 valence electrons. The number of methoxy groups -OCH3 is 1. The van der Waals surface area contributed by atoms with Gasteiger partial charge in [-0.15, -0.1) is 0 Å². The number of Topliss-reactive ketones (excluding diaryl/α,β-unsaturated/α-hetero) is 1. The Hall–Kier alpha value is -1.84. The minimum absolute atomic E-state index is 0.0191. The van der Waals surface area contributed by atoms with Gasteiger partial charge in [0.05, 0.1) is 7.11 Å². The van der Waals surface area contributed by atoms with Crippen LogP contribution in [-0.2, 0) is 14.3 Å². The van der Waals surface area contributed by atoms with Crippen LogP contribution in [0.15, 0.2) is 35.3 Å². The summed E-state index contributed by atoms with van der Waals surface area (Å²) in [6, 6.07) is 0. The van der Waals surface area contributed by atoms with Crippen molar-refractivity contribution in [3.63, 3.8) is 0 Å². The van der Waals surface area contributed by atoms with Gasteiger partial charge in [-0.3, -0.25) is 9.59 Å². The normalized spacial score (nSPS) is 38.2. The fraction of sp³-hybridized carbons (Fsp3) is 0.636. The number of hydrogen-bond donors (Lipinski definition) is 1. The zero-order valence-electron chi connectivity index (χ0n) is 16.4. The lowest BCUT2D eigenvalue weighted by atomic mass is 9.46. The lowest BCUT2D eigenvalue weighted by Crippen LogP contribution is -2.50. The molecule has 0 heterocycles. The van der Waals surface area contributed by atoms with Crippen LogP contribution in [0.1, 0.15) is 59.3 Å². The van der Waals surface area contributed by atoms with E-state index >= 15 is 0 Å². The van der Waals surface area contributed by atoms with Crippen molar-refractivity contribution >= 4 is 11.6 Å². The first kappa shape index (κ1) is 18.9. The first-order chi connectivity index (χ1) is 12.1. The van der Waals surface area contributed by atoms with Gasteiger partial charge >= 0.3 is 0 Å². The van der Waals surface area contributed by atoms with Gasteiger partial charge < -0.3 is 9.84 Å². The van der Waals surface area contributed by atoms with Gasteiger partial charge in [0.1, 0.15) is 0 Å². The van der Waals surface area contributed by atoms with Gasteiger partial charge in [-0.1, -0.05) is 32.9 Å². The van der Waals surface area contributed by atoms with Crippen LogP contribution in [0.5, 0.6) is 0 Å². The molecule has 4 nitrogen and oxygen atoms in total. The van der Waals surface area contributed by atoms with E-state index in [1.54, 1.807) is 0 Å². The predicted octanol–water partition coefficient (Wildman–Crippen LogP) is 4.67. The molecule has 0 spiro atoms. The van der Waals surface area contributed by atoms with Gasteiger partial charge in [-0.25, -0.2) is 0 Å². The number of ether oxygens (including phenoxy) is 1. The number of hydrogen-bond acceptors (Lipinski definition) is 4. The maximum atomic E-state index is 12.8. The number of aliphatic hydroxyl groups excluding tert-OH is 1. The van der Waals surface area contributed by atoms with E-state index < -0.39 is 11.5 Å². The fourth-order valence-corrected chi connectivity index (χ4v) is 5.62. The molecule has 0 aromatic heterocycles. The molecule has 3 rings (SSSR count). The van der Waals surface area contributed by atoms with Crippen molar-refractivity contribution in [3.05, 3.63) is 35.3 Å². The highest BCUT2D eigenvalue weighted by atomic mass is 16.5. The molecule has 1 unspecified atom stereocenters. The summed E-state index contributed by atoms with van der Waals surface area (Å²) in [6.07, 6.45) is 6.95. The minimum Gasteiger partial charge on any atom is -0.504 e. The van der Waals surface area contributed by atoms with Crippen LogP contribution >= 0.6 is 0 Å². The highest BCUT2D eigenvalue weighted by Gasteiger charge is 2.54. The fourth-order valence-electron chi connectivity index (χ4n) is 5.62. The third-order valence-corrected chi connectivity index (χ3v) is 7.62. The number of carbonyl (C=O) groups is 2. The molecule has 26 heavy (non-hydrogen) atoms. The Bertz CT molecular complexity index is 728. The van der Waals surface area contributed by atoms with Gasteiger partial charge in [0.2, 0.25) is 11.6 Å². The van der Waals surface area contributed by atoms with Crippen LogP contribution in [0.3, 0.4) is 0 Å². The average Bonchev–Trinajstić information content (AvgIpc) is 2.61. The standard InChI is InChI=1S/C22H30O4/c1-13-7-6-8-18-21(13,3)10-9-14(2)22(18,4)12-15-19(24)16(23)11-17(26-5)20(15)25/h11,14,18,24H,1,6-10,12H2,2-5H3/t14-,18?,21+,22+/m1/s1. The molecule has 4 heteroatoms. The molecule has 1 N–H and O–H groups in total. The first-order valence-corrected chi connectivity index (χ1v) is 9.60. The zero-order chi connectivity index (χ0) is 19.3. The molecule has 3 aliphatic carbocycles. The van der Waals surface area contributed by atoms with Crippen LogP contribution in [-0.4, -0.2) is 23.8 Å². The van der Waals surface area contributed by atoms with E-state index in [1.807, 2.05) is 0 Å². The Morgan fingerprint density at radius 1 is 1.31 bits per heavy atom. The number of allylic oxidation sites excluding steroid dienone is 3. The Morgan fingerprint density at radius 3 is 2.65 bits per heavy atom. The molecule has 3 aliphatic rings. The maximum Gasteiger partial charge on any atom is 0.227 e. The quantitative estimate of drug-likeness (QED) is 0.588. The number of fused-ring (bicyclic) bond motifs is 1. The summed E-state index contributed by atoms with van der Waals surface area (Å²) in [5.74, 6) is -0.511. The van der Waals surface area contributed by atoms with Gasteiger partial charge in [-0.2, -0.15) is 0 Å². The monoisotopic (exact) mass is 358 g/mol. The number of ketones is 2. The summed E-state index contributed by atoms with van der Waals surface area (Å²) in [7, 11) is 1.38. The van der Waals surface area contributed by atoms with Crippen molar-refractivity contribution in [2.75, 3.05) is 7.11 Å². The minimum atomic E-state index is -0.542. The van der Waals surface area contributed by atoms with Gasteiger partial charge in [0.25, 0.3) is 0 Å². The van der Waals surface area contributed by atoms with Crippen molar-refractivity contribution < 1.29 is 19.4 Å². The Morgan fingerprint density at radius 2 is 2.00 bits per heavy atom. The predicted molar refractivity (Wildman–Crippen MR) is 100 cm³/mol. The van der Waals surface area contributed by atoms with Crippen molar-refractivity contribution in [3.8, 4) is 0 Å². The molecular weight excluding hydrogens is 328 g/mol. The van der Waals surface area contributed by atoms with E-state index in [2.05, 4.69) is 27.4 Å². The molecular formula is C22H30O4. The third kappa shape index (κ3) is 2.65. The van der Waals surface area contributed by atoms with Crippen molar-refractivity contribution in [1.29, 1.82) is 0 Å². The van der Waals surface area contributed by atoms with E-state index in [-0.39, 0.29) is 27.9 Å². The second kappa shape index (κ2) is 6.40. The van der Waals surface area contributed by atoms with Crippen molar-refractivity contribution in [2.24, 2.45) is 22.7 Å². The first-order valence-electron chi connectivity index (χ1n) is 9.60. The Balaban J connectivity index is 2.01. The molecule has 2 fully saturated rings. The van der Waals surface area contributed by atoms with Gasteiger partial charge in [-0.05, 0) is 61.2 Å². The molecule has 2 saturated carbocycles. The molecule has 0 aliphatic heterocycles. The molecule has 0 bridgehead atoms. The smallest absolute Gasteiger partial charge is 0.227 e. The summed E-state index contributed by atoms with van der Waals surface area (Å²) in [5, 5.41) is 10.4. The van der Waals surface area contributed by atoms with E-state index in [0.29, 0.717) is 18.3 Å². The van der Waals surface area contributed by atoms with Crippen LogP contribution in [0.25, 0.3) is 0 Å². The average molecular weight is 358 g/mol. The number of aliphatic hydroxyl groups is 1. The largest absolute Gasteiger partial charge is 0.504 e. The highest BCUT2D eigenvalue weighted by Crippen LogP contribution is 2.63. The third-order valence-electron chi connectivity index (χ3n) is 7.62. The van der Waals surface area contributed by atoms with E-state index in [0.717, 1.165) is 38.2 Å². The van der Waals surface area contributed by atoms with E-state index in [9.17, 15) is 14.7 Å². The van der Waals surface area contributed by atoms with Crippen LogP contribution < -0.4 is 0 Å². The molecule has 4 atom stereocenters. The SMILES string of the molecule is C=C1CCCC2[C@@]1(C)CC[C@@H](C)[C@]2(C)CC1=C(O)C(=O)C=C(OC)C1=O. The second-order valence-electron chi connectivity index (χ2n) is 8.82. The highest BCUT2D eigenvalue weighted by molar-refractivity contribution is 6.20. The summed E-state index contributed by atoms with van der Waals surface area (Å²) in [5.41, 5.74) is 1.42. The van der Waals surface area contributed by atoms with Crippen LogP contribution in [0, 0.1) is 22.7 Å². The van der Waals surface area contributed by atoms with E-state index in [1.165, 1.54) is 12.7 Å². The Labute approximate surface area is 156 Å².